The van der Waals surface area contributed by atoms with Gasteiger partial charge in [-0.25, -0.2) is 0 Å². The van der Waals surface area contributed by atoms with E-state index in [9.17, 15) is 0 Å². The second-order valence-corrected chi connectivity index (χ2v) is 4.25. The second-order valence-electron chi connectivity index (χ2n) is 4.25. The third-order valence-electron chi connectivity index (χ3n) is 2.73. The molecule has 2 aromatic rings. The normalized spacial score (nSPS) is 10.3. The fourth-order valence-corrected chi connectivity index (χ4v) is 1.70. The first-order chi connectivity index (χ1) is 8.70. The van der Waals surface area contributed by atoms with Crippen molar-refractivity contribution in [2.45, 2.75) is 20.3 Å². The van der Waals surface area contributed by atoms with Crippen molar-refractivity contribution in [2.75, 3.05) is 12.3 Å². The monoisotopic (exact) mass is 242 g/mol. The van der Waals surface area contributed by atoms with Gasteiger partial charge in [-0.3, -0.25) is 4.98 Å². The highest BCUT2D eigenvalue weighted by molar-refractivity contribution is 5.63. The van der Waals surface area contributed by atoms with Gasteiger partial charge in [0, 0.05) is 5.56 Å². The predicted molar refractivity (Wildman–Crippen MR) is 74.6 cm³/mol. The number of benzene rings is 1. The molecule has 0 aliphatic carbocycles. The molecule has 1 aromatic heterocycles. The van der Waals surface area contributed by atoms with E-state index in [4.69, 9.17) is 10.5 Å². The largest absolute Gasteiger partial charge is 0.494 e. The standard InChI is InChI=1S/C15H18N2O/c1-3-9-18-13-6-4-5-12(10-13)15-8-7-14(16)11(2)17-15/h4-8,10H,3,9,16H2,1-2H3. The smallest absolute Gasteiger partial charge is 0.119 e. The van der Waals surface area contributed by atoms with Gasteiger partial charge in [0.05, 0.1) is 23.7 Å². The van der Waals surface area contributed by atoms with E-state index in [0.29, 0.717) is 0 Å². The summed E-state index contributed by atoms with van der Waals surface area (Å²) in [6, 6.07) is 11.8. The third kappa shape index (κ3) is 2.80. The van der Waals surface area contributed by atoms with Crippen LogP contribution in [0.4, 0.5) is 5.69 Å². The zero-order valence-electron chi connectivity index (χ0n) is 10.8. The molecular weight excluding hydrogens is 224 g/mol. The Balaban J connectivity index is 2.29. The van der Waals surface area contributed by atoms with Crippen molar-refractivity contribution >= 4 is 5.69 Å². The Morgan fingerprint density at radius 3 is 2.78 bits per heavy atom. The number of nitrogens with two attached hydrogens (primary N) is 1. The van der Waals surface area contributed by atoms with Crippen LogP contribution in [-0.4, -0.2) is 11.6 Å². The Bertz CT molecular complexity index is 538. The fourth-order valence-electron chi connectivity index (χ4n) is 1.70. The molecule has 1 heterocycles. The highest BCUT2D eigenvalue weighted by atomic mass is 16.5. The quantitative estimate of drug-likeness (QED) is 0.893. The molecule has 0 aliphatic heterocycles. The molecule has 0 atom stereocenters. The van der Waals surface area contributed by atoms with Crippen LogP contribution in [0.2, 0.25) is 0 Å². The highest BCUT2D eigenvalue weighted by Gasteiger charge is 2.03. The molecule has 0 spiro atoms. The fraction of sp³-hybridized carbons (Fsp3) is 0.267. The molecular formula is C15H18N2O. The van der Waals surface area contributed by atoms with Crippen molar-refractivity contribution in [1.29, 1.82) is 0 Å². The Labute approximate surface area is 108 Å². The summed E-state index contributed by atoms with van der Waals surface area (Å²) in [4.78, 5) is 4.48. The van der Waals surface area contributed by atoms with Gasteiger partial charge in [0.2, 0.25) is 0 Å². The number of anilines is 1. The summed E-state index contributed by atoms with van der Waals surface area (Å²) in [7, 11) is 0. The van der Waals surface area contributed by atoms with Crippen LogP contribution in [-0.2, 0) is 0 Å². The molecule has 94 valence electrons. The minimum atomic E-state index is 0.720. The third-order valence-corrected chi connectivity index (χ3v) is 2.73. The van der Waals surface area contributed by atoms with Crippen LogP contribution < -0.4 is 10.5 Å². The first-order valence-corrected chi connectivity index (χ1v) is 6.17. The van der Waals surface area contributed by atoms with Crippen LogP contribution in [0.5, 0.6) is 5.75 Å². The Kier molecular flexibility index (Phi) is 3.82. The molecule has 0 aliphatic rings. The first kappa shape index (κ1) is 12.4. The van der Waals surface area contributed by atoms with Gasteiger partial charge >= 0.3 is 0 Å². The number of hydrogen-bond donors (Lipinski definition) is 1. The molecule has 2 rings (SSSR count). The summed E-state index contributed by atoms with van der Waals surface area (Å²) < 4.78 is 5.62. The van der Waals surface area contributed by atoms with Crippen LogP contribution in [0.25, 0.3) is 11.3 Å². The van der Waals surface area contributed by atoms with E-state index in [1.165, 1.54) is 0 Å². The summed E-state index contributed by atoms with van der Waals surface area (Å²) in [6.45, 7) is 4.74. The summed E-state index contributed by atoms with van der Waals surface area (Å²) >= 11 is 0. The summed E-state index contributed by atoms with van der Waals surface area (Å²) in [5.74, 6) is 0.880. The van der Waals surface area contributed by atoms with E-state index >= 15 is 0 Å². The minimum absolute atomic E-state index is 0.720. The molecule has 0 amide bonds. The molecule has 3 heteroatoms. The van der Waals surface area contributed by atoms with Gasteiger partial charge in [-0.15, -0.1) is 0 Å². The van der Waals surface area contributed by atoms with E-state index < -0.39 is 0 Å². The summed E-state index contributed by atoms with van der Waals surface area (Å²) in [5, 5.41) is 0. The number of aryl methyl sites for hydroxylation is 1. The zero-order chi connectivity index (χ0) is 13.0. The van der Waals surface area contributed by atoms with E-state index in [-0.39, 0.29) is 0 Å². The average Bonchev–Trinajstić information content (AvgIpc) is 2.40. The van der Waals surface area contributed by atoms with Gasteiger partial charge in [0.1, 0.15) is 5.75 Å². The number of nitrogens with zero attached hydrogens (tertiary/aromatic N) is 1. The lowest BCUT2D eigenvalue weighted by Crippen LogP contribution is -1.96. The van der Waals surface area contributed by atoms with E-state index in [2.05, 4.69) is 11.9 Å². The highest BCUT2D eigenvalue weighted by Crippen LogP contribution is 2.24. The molecule has 18 heavy (non-hydrogen) atoms. The number of pyridine rings is 1. The topological polar surface area (TPSA) is 48.1 Å². The molecule has 1 aromatic carbocycles. The van der Waals surface area contributed by atoms with Crippen LogP contribution in [0.15, 0.2) is 36.4 Å². The van der Waals surface area contributed by atoms with Crippen molar-refractivity contribution < 1.29 is 4.74 Å². The lowest BCUT2D eigenvalue weighted by Gasteiger charge is -2.08. The second kappa shape index (κ2) is 5.54. The van der Waals surface area contributed by atoms with E-state index in [1.54, 1.807) is 0 Å². The van der Waals surface area contributed by atoms with Crippen LogP contribution >= 0.6 is 0 Å². The van der Waals surface area contributed by atoms with Crippen molar-refractivity contribution in [3.63, 3.8) is 0 Å². The van der Waals surface area contributed by atoms with Crippen LogP contribution in [0.3, 0.4) is 0 Å². The molecule has 0 saturated carbocycles. The number of hydrogen-bond acceptors (Lipinski definition) is 3. The van der Waals surface area contributed by atoms with Crippen molar-refractivity contribution in [3.05, 3.63) is 42.1 Å². The van der Waals surface area contributed by atoms with Gasteiger partial charge in [0.25, 0.3) is 0 Å². The van der Waals surface area contributed by atoms with Crippen molar-refractivity contribution in [1.82, 2.24) is 4.98 Å². The molecule has 0 fully saturated rings. The number of aromatic nitrogens is 1. The SMILES string of the molecule is CCCOc1cccc(-c2ccc(N)c(C)n2)c1. The Morgan fingerprint density at radius 1 is 1.22 bits per heavy atom. The zero-order valence-corrected chi connectivity index (χ0v) is 10.8. The van der Waals surface area contributed by atoms with E-state index in [0.717, 1.165) is 41.4 Å². The molecule has 2 N–H and O–H groups in total. The van der Waals surface area contributed by atoms with E-state index in [1.807, 2.05) is 43.3 Å². The van der Waals surface area contributed by atoms with Crippen molar-refractivity contribution in [2.24, 2.45) is 0 Å². The number of rotatable bonds is 4. The molecule has 0 bridgehead atoms. The maximum atomic E-state index is 5.78. The summed E-state index contributed by atoms with van der Waals surface area (Å²) in [5.41, 5.74) is 9.32. The molecule has 0 unspecified atom stereocenters. The minimum Gasteiger partial charge on any atom is -0.494 e. The number of nitrogen functional groups attached to an aromatic ring is 1. The maximum Gasteiger partial charge on any atom is 0.119 e. The molecule has 3 nitrogen and oxygen atoms in total. The van der Waals surface area contributed by atoms with Gasteiger partial charge in [-0.2, -0.15) is 0 Å². The lowest BCUT2D eigenvalue weighted by molar-refractivity contribution is 0.317. The first-order valence-electron chi connectivity index (χ1n) is 6.17. The van der Waals surface area contributed by atoms with Gasteiger partial charge < -0.3 is 10.5 Å². The Hall–Kier alpha value is -2.03. The van der Waals surface area contributed by atoms with Crippen LogP contribution in [0.1, 0.15) is 19.0 Å². The molecule has 0 saturated heterocycles. The number of ether oxygens (including phenoxy) is 1. The van der Waals surface area contributed by atoms with Crippen LogP contribution in [0, 0.1) is 6.92 Å². The Morgan fingerprint density at radius 2 is 2.06 bits per heavy atom. The summed E-state index contributed by atoms with van der Waals surface area (Å²) in [6.07, 6.45) is 1.00. The van der Waals surface area contributed by atoms with Gasteiger partial charge in [-0.05, 0) is 37.6 Å². The van der Waals surface area contributed by atoms with Crippen molar-refractivity contribution in [3.8, 4) is 17.0 Å². The maximum absolute atomic E-state index is 5.78. The molecule has 0 radical (unpaired) electrons. The van der Waals surface area contributed by atoms with Gasteiger partial charge in [-0.1, -0.05) is 19.1 Å². The average molecular weight is 242 g/mol. The predicted octanol–water partition coefficient (Wildman–Crippen LogP) is 3.43. The lowest BCUT2D eigenvalue weighted by atomic mass is 10.1. The van der Waals surface area contributed by atoms with Gasteiger partial charge in [0.15, 0.2) is 0 Å².